The van der Waals surface area contributed by atoms with Gasteiger partial charge in [0.25, 0.3) is 0 Å². The molecule has 0 rings (SSSR count). The van der Waals surface area contributed by atoms with Crippen molar-refractivity contribution in [1.29, 1.82) is 5.41 Å². The molecule has 5 amide bonds. The Bertz CT molecular complexity index is 874. The quantitative estimate of drug-likeness (QED) is 0.0402. The standard InChI is InChI=1S/C24H44N9O6S/c1-14(2)10-18(23(39)31-16(13-34)6-5-8-28-24(26)27)33-21(37)15(3)30-20(36)12-29-22(38)17(7-9-40-4)32-19(35)11-25/h14-18H,5-12,25H2,1-4H3,(H,29,38)(H,30,36)(H,31,39)(H,32,35)(H,33,37)(H4,26,27,28)/t15-,16-,17-,18-/m0/s1. The van der Waals surface area contributed by atoms with E-state index in [2.05, 4.69) is 31.9 Å². The molecule has 40 heavy (non-hydrogen) atoms. The first-order valence-electron chi connectivity index (χ1n) is 13.0. The van der Waals surface area contributed by atoms with Crippen molar-refractivity contribution >= 4 is 53.5 Å². The van der Waals surface area contributed by atoms with Crippen molar-refractivity contribution < 1.29 is 28.8 Å². The molecule has 16 heteroatoms. The molecule has 0 bridgehead atoms. The van der Waals surface area contributed by atoms with E-state index < -0.39 is 60.2 Å². The summed E-state index contributed by atoms with van der Waals surface area (Å²) < 4.78 is 0. The summed E-state index contributed by atoms with van der Waals surface area (Å²) in [5.74, 6) is -2.50. The van der Waals surface area contributed by atoms with Gasteiger partial charge in [-0.25, -0.2) is 0 Å². The van der Waals surface area contributed by atoms with Crippen LogP contribution in [0.4, 0.5) is 0 Å². The van der Waals surface area contributed by atoms with E-state index in [0.717, 1.165) is 0 Å². The van der Waals surface area contributed by atoms with E-state index in [-0.39, 0.29) is 31.3 Å². The van der Waals surface area contributed by atoms with Crippen LogP contribution in [0.3, 0.4) is 0 Å². The summed E-state index contributed by atoms with van der Waals surface area (Å²) in [5.41, 5.74) is 10.5. The maximum absolute atomic E-state index is 12.8. The second kappa shape index (κ2) is 20.5. The zero-order valence-corrected chi connectivity index (χ0v) is 24.4. The number of rotatable bonds is 20. The van der Waals surface area contributed by atoms with Gasteiger partial charge in [0.2, 0.25) is 35.8 Å². The number of carbonyl (C=O) groups is 5. The maximum Gasteiger partial charge on any atom is 0.243 e. The average molecular weight is 587 g/mol. The second-order valence-corrected chi connectivity index (χ2v) is 10.5. The van der Waals surface area contributed by atoms with Gasteiger partial charge < -0.3 is 43.4 Å². The number of guanidine groups is 1. The molecule has 0 aromatic heterocycles. The normalized spacial score (nSPS) is 13.7. The fraction of sp³-hybridized carbons (Fsp3) is 0.708. The molecule has 0 fully saturated rings. The fourth-order valence-electron chi connectivity index (χ4n) is 3.37. The van der Waals surface area contributed by atoms with Gasteiger partial charge in [0.05, 0.1) is 19.1 Å². The zero-order chi connectivity index (χ0) is 30.7. The summed E-state index contributed by atoms with van der Waals surface area (Å²) in [6.45, 7) is 4.77. The largest absolute Gasteiger partial charge is 0.370 e. The molecule has 0 unspecified atom stereocenters. The number of amides is 5. The molecule has 1 radical (unpaired) electrons. The van der Waals surface area contributed by atoms with Gasteiger partial charge in [0.15, 0.2) is 5.96 Å². The summed E-state index contributed by atoms with van der Waals surface area (Å²) in [5, 5.41) is 22.3. The Balaban J connectivity index is 4.97. The van der Waals surface area contributed by atoms with E-state index in [1.54, 1.807) is 6.29 Å². The highest BCUT2D eigenvalue weighted by molar-refractivity contribution is 7.98. The van der Waals surface area contributed by atoms with Gasteiger partial charge in [-0.05, 0) is 50.5 Å². The minimum Gasteiger partial charge on any atom is -0.370 e. The first-order chi connectivity index (χ1) is 18.8. The van der Waals surface area contributed by atoms with Crippen LogP contribution in [0.1, 0.15) is 46.5 Å². The first kappa shape index (κ1) is 36.6. The lowest BCUT2D eigenvalue weighted by Crippen LogP contribution is -2.56. The highest BCUT2D eigenvalue weighted by atomic mass is 32.2. The molecular formula is C24H44N9O6S. The van der Waals surface area contributed by atoms with Crippen molar-refractivity contribution in [3.63, 3.8) is 0 Å². The third-order valence-corrected chi connectivity index (χ3v) is 6.07. The van der Waals surface area contributed by atoms with Crippen molar-refractivity contribution in [3.05, 3.63) is 0 Å². The Hall–Kier alpha value is -3.40. The molecular weight excluding hydrogens is 542 g/mol. The van der Waals surface area contributed by atoms with Crippen LogP contribution in [0.25, 0.3) is 0 Å². The fourth-order valence-corrected chi connectivity index (χ4v) is 3.84. The molecule has 4 atom stereocenters. The Morgan fingerprint density at radius 1 is 0.875 bits per heavy atom. The highest BCUT2D eigenvalue weighted by Gasteiger charge is 2.27. The Labute approximate surface area is 239 Å². The molecule has 11 N–H and O–H groups in total. The van der Waals surface area contributed by atoms with Crippen molar-refractivity contribution in [2.75, 3.05) is 31.6 Å². The predicted octanol–water partition coefficient (Wildman–Crippen LogP) is -2.81. The summed E-state index contributed by atoms with van der Waals surface area (Å²) in [4.78, 5) is 73.3. The van der Waals surface area contributed by atoms with Gasteiger partial charge in [0, 0.05) is 6.54 Å². The maximum atomic E-state index is 12.8. The number of carbonyl (C=O) groups excluding carboxylic acids is 6. The monoisotopic (exact) mass is 586 g/mol. The molecule has 0 aliphatic rings. The molecule has 0 spiro atoms. The van der Waals surface area contributed by atoms with Crippen LogP contribution in [0.15, 0.2) is 0 Å². The van der Waals surface area contributed by atoms with Crippen LogP contribution >= 0.6 is 11.8 Å². The highest BCUT2D eigenvalue weighted by Crippen LogP contribution is 2.07. The van der Waals surface area contributed by atoms with Crippen LogP contribution in [-0.2, 0) is 28.8 Å². The van der Waals surface area contributed by atoms with Gasteiger partial charge in [-0.3, -0.25) is 34.2 Å². The third-order valence-electron chi connectivity index (χ3n) is 5.43. The molecule has 227 valence electrons. The smallest absolute Gasteiger partial charge is 0.243 e. The van der Waals surface area contributed by atoms with Gasteiger partial charge in [-0.15, -0.1) is 0 Å². The molecule has 15 nitrogen and oxygen atoms in total. The van der Waals surface area contributed by atoms with E-state index in [1.165, 1.54) is 18.7 Å². The van der Waals surface area contributed by atoms with Gasteiger partial charge in [-0.2, -0.15) is 11.8 Å². The molecule has 0 saturated heterocycles. The van der Waals surface area contributed by atoms with Gasteiger partial charge in [0.1, 0.15) is 18.1 Å². The topological polar surface area (TPSA) is 250 Å². The third kappa shape index (κ3) is 16.5. The van der Waals surface area contributed by atoms with E-state index in [1.807, 2.05) is 20.1 Å². The number of nitrogens with two attached hydrogens (primary N) is 2. The second-order valence-electron chi connectivity index (χ2n) is 9.47. The minimum absolute atomic E-state index is 0.0217. The van der Waals surface area contributed by atoms with Crippen LogP contribution in [0.2, 0.25) is 0 Å². The van der Waals surface area contributed by atoms with Crippen LogP contribution in [0.5, 0.6) is 0 Å². The zero-order valence-electron chi connectivity index (χ0n) is 23.6. The van der Waals surface area contributed by atoms with Crippen LogP contribution < -0.4 is 43.4 Å². The number of thioether (sulfide) groups is 1. The van der Waals surface area contributed by atoms with Crippen molar-refractivity contribution in [2.24, 2.45) is 17.4 Å². The molecule has 0 heterocycles. The van der Waals surface area contributed by atoms with Crippen LogP contribution in [-0.4, -0.2) is 97.6 Å². The van der Waals surface area contributed by atoms with Crippen molar-refractivity contribution in [3.8, 4) is 0 Å². The summed E-state index contributed by atoms with van der Waals surface area (Å²) in [6, 6.07) is -3.78. The molecule has 0 aromatic carbocycles. The predicted molar refractivity (Wildman–Crippen MR) is 153 cm³/mol. The molecule has 0 aromatic rings. The van der Waals surface area contributed by atoms with E-state index in [4.69, 9.17) is 16.9 Å². The lowest BCUT2D eigenvalue weighted by molar-refractivity contribution is -0.132. The number of hydrogen-bond acceptors (Lipinski definition) is 9. The molecule has 0 aliphatic heterocycles. The van der Waals surface area contributed by atoms with Crippen molar-refractivity contribution in [2.45, 2.75) is 70.6 Å². The minimum atomic E-state index is -1.04. The summed E-state index contributed by atoms with van der Waals surface area (Å²) >= 11 is 1.49. The summed E-state index contributed by atoms with van der Waals surface area (Å²) in [7, 11) is 0. The molecule has 0 saturated carbocycles. The Morgan fingerprint density at radius 2 is 1.55 bits per heavy atom. The lowest BCUT2D eigenvalue weighted by Gasteiger charge is -2.24. The van der Waals surface area contributed by atoms with Gasteiger partial charge in [-0.1, -0.05) is 13.8 Å². The number of hydrogen-bond donors (Lipinski definition) is 9. The Morgan fingerprint density at radius 3 is 2.10 bits per heavy atom. The number of nitrogens with one attached hydrogen (secondary N) is 7. The SMILES string of the molecule is CSCC[C@H](NC(=O)CN)C(=O)NCC(=O)N[C@@H](C)C(=O)N[C@@H](CC(C)C)C(=O)N[C@H]([C]=O)CCCNC(=N)N. The van der Waals surface area contributed by atoms with Crippen LogP contribution in [0, 0.1) is 11.3 Å². The Kier molecular flexibility index (Phi) is 18.8. The first-order valence-corrected chi connectivity index (χ1v) is 14.4. The van der Waals surface area contributed by atoms with E-state index in [0.29, 0.717) is 25.1 Å². The van der Waals surface area contributed by atoms with E-state index >= 15 is 0 Å². The van der Waals surface area contributed by atoms with Gasteiger partial charge >= 0.3 is 0 Å². The lowest BCUT2D eigenvalue weighted by atomic mass is 10.0. The molecule has 0 aliphatic carbocycles. The van der Waals surface area contributed by atoms with Crippen molar-refractivity contribution in [1.82, 2.24) is 31.9 Å². The van der Waals surface area contributed by atoms with E-state index in [9.17, 15) is 28.8 Å². The average Bonchev–Trinajstić information content (AvgIpc) is 2.89. The summed E-state index contributed by atoms with van der Waals surface area (Å²) in [6.07, 6.45) is 4.93.